The van der Waals surface area contributed by atoms with Crippen LogP contribution in [0.25, 0.3) is 0 Å². The van der Waals surface area contributed by atoms with Gasteiger partial charge in [0.05, 0.1) is 10.7 Å². The molecule has 2 rings (SSSR count). The van der Waals surface area contributed by atoms with Gasteiger partial charge in [0.2, 0.25) is 5.03 Å². The Labute approximate surface area is 122 Å². The number of benzene rings is 1. The number of nitrogens with one attached hydrogen (secondary N) is 1. The average Bonchev–Trinajstić information content (AvgIpc) is 2.33. The molecule has 0 aliphatic rings. The Balaban J connectivity index is 2.40. The molecule has 0 saturated heterocycles. The maximum Gasteiger partial charge on any atom is 0.282 e. The molecule has 1 aromatic heterocycles. The number of anilines is 1. The van der Waals surface area contributed by atoms with Gasteiger partial charge in [-0.15, -0.1) is 0 Å². The van der Waals surface area contributed by atoms with Gasteiger partial charge < -0.3 is 0 Å². The Morgan fingerprint density at radius 2 is 2.05 bits per heavy atom. The first-order chi connectivity index (χ1) is 8.90. The summed E-state index contributed by atoms with van der Waals surface area (Å²) in [5.74, 6) is -0.928. The highest BCUT2D eigenvalue weighted by Crippen LogP contribution is 2.27. The summed E-state index contributed by atoms with van der Waals surface area (Å²) in [6.45, 7) is 0. The van der Waals surface area contributed by atoms with Crippen molar-refractivity contribution in [1.29, 1.82) is 0 Å². The van der Waals surface area contributed by atoms with E-state index in [0.717, 1.165) is 6.07 Å². The van der Waals surface area contributed by atoms with E-state index in [0.29, 0.717) is 4.47 Å². The third-order valence-corrected chi connectivity index (χ3v) is 4.26. The minimum absolute atomic E-state index is 0.148. The van der Waals surface area contributed by atoms with Crippen LogP contribution in [-0.4, -0.2) is 13.4 Å². The molecule has 0 unspecified atom stereocenters. The van der Waals surface area contributed by atoms with E-state index in [1.807, 2.05) is 0 Å². The molecule has 19 heavy (non-hydrogen) atoms. The van der Waals surface area contributed by atoms with Crippen LogP contribution >= 0.6 is 27.5 Å². The van der Waals surface area contributed by atoms with Crippen LogP contribution in [0.2, 0.25) is 5.02 Å². The van der Waals surface area contributed by atoms with Crippen LogP contribution in [-0.2, 0) is 10.0 Å². The number of halogens is 3. The molecule has 0 atom stereocenters. The molecule has 0 saturated carbocycles. The zero-order chi connectivity index (χ0) is 14.0. The Kier molecular flexibility index (Phi) is 4.07. The molecule has 2 aromatic rings. The van der Waals surface area contributed by atoms with Crippen LogP contribution in [0.5, 0.6) is 0 Å². The van der Waals surface area contributed by atoms with Crippen LogP contribution in [0.15, 0.2) is 46.0 Å². The second-order valence-electron chi connectivity index (χ2n) is 3.52. The van der Waals surface area contributed by atoms with Crippen molar-refractivity contribution in [1.82, 2.24) is 4.98 Å². The van der Waals surface area contributed by atoms with Crippen LogP contribution in [0.3, 0.4) is 0 Å². The van der Waals surface area contributed by atoms with Crippen molar-refractivity contribution in [2.45, 2.75) is 5.03 Å². The Bertz CT molecular complexity index is 724. The molecule has 0 spiro atoms. The van der Waals surface area contributed by atoms with Crippen LogP contribution in [0, 0.1) is 5.82 Å². The van der Waals surface area contributed by atoms with Crippen molar-refractivity contribution in [3.8, 4) is 0 Å². The molecule has 8 heteroatoms. The van der Waals surface area contributed by atoms with Gasteiger partial charge in [-0.25, -0.2) is 9.37 Å². The molecule has 1 heterocycles. The zero-order valence-electron chi connectivity index (χ0n) is 9.27. The van der Waals surface area contributed by atoms with Gasteiger partial charge in [0.25, 0.3) is 10.0 Å². The number of nitrogens with zero attached hydrogens (tertiary/aromatic N) is 1. The van der Waals surface area contributed by atoms with E-state index in [1.165, 1.54) is 24.4 Å². The lowest BCUT2D eigenvalue weighted by molar-refractivity contribution is 0.557. The molecule has 0 bridgehead atoms. The average molecular weight is 366 g/mol. The van der Waals surface area contributed by atoms with Crippen LogP contribution in [0.1, 0.15) is 0 Å². The summed E-state index contributed by atoms with van der Waals surface area (Å²) in [5, 5.41) is -0.483. The molecule has 0 amide bonds. The summed E-state index contributed by atoms with van der Waals surface area (Å²) in [6.07, 6.45) is 1.20. The van der Waals surface area contributed by atoms with Crippen molar-refractivity contribution < 1.29 is 12.8 Å². The number of rotatable bonds is 3. The monoisotopic (exact) mass is 364 g/mol. The fourth-order valence-electron chi connectivity index (χ4n) is 1.33. The number of pyridine rings is 1. The first-order valence-corrected chi connectivity index (χ1v) is 7.64. The SMILES string of the molecule is O=S(=O)(Nc1ccc(Br)cc1Cl)c1ncccc1F. The quantitative estimate of drug-likeness (QED) is 0.906. The fourth-order valence-corrected chi connectivity index (χ4v) is 3.20. The van der Waals surface area contributed by atoms with E-state index in [4.69, 9.17) is 11.6 Å². The highest BCUT2D eigenvalue weighted by molar-refractivity contribution is 9.10. The van der Waals surface area contributed by atoms with Crippen LogP contribution < -0.4 is 4.72 Å². The van der Waals surface area contributed by atoms with E-state index in [-0.39, 0.29) is 10.7 Å². The van der Waals surface area contributed by atoms with Crippen molar-refractivity contribution in [3.05, 3.63) is 51.8 Å². The minimum Gasteiger partial charge on any atom is -0.277 e. The summed E-state index contributed by atoms with van der Waals surface area (Å²) in [7, 11) is -4.12. The molecule has 0 fully saturated rings. The van der Waals surface area contributed by atoms with Gasteiger partial charge in [0.15, 0.2) is 5.82 Å². The van der Waals surface area contributed by atoms with Gasteiger partial charge in [-0.2, -0.15) is 8.42 Å². The lowest BCUT2D eigenvalue weighted by atomic mass is 10.3. The fraction of sp³-hybridized carbons (Fsp3) is 0. The maximum atomic E-state index is 13.4. The van der Waals surface area contributed by atoms with Crippen LogP contribution in [0.4, 0.5) is 10.1 Å². The predicted molar refractivity (Wildman–Crippen MR) is 74.2 cm³/mol. The van der Waals surface area contributed by atoms with Crippen molar-refractivity contribution in [2.24, 2.45) is 0 Å². The van der Waals surface area contributed by atoms with Gasteiger partial charge in [-0.1, -0.05) is 27.5 Å². The zero-order valence-corrected chi connectivity index (χ0v) is 12.4. The maximum absolute atomic E-state index is 13.4. The molecule has 0 aliphatic heterocycles. The molecule has 0 aliphatic carbocycles. The third kappa shape index (κ3) is 3.23. The Morgan fingerprint density at radius 1 is 1.32 bits per heavy atom. The topological polar surface area (TPSA) is 59.1 Å². The first kappa shape index (κ1) is 14.2. The summed E-state index contributed by atoms with van der Waals surface area (Å²) in [4.78, 5) is 3.52. The van der Waals surface area contributed by atoms with E-state index >= 15 is 0 Å². The van der Waals surface area contributed by atoms with E-state index in [1.54, 1.807) is 6.07 Å². The lowest BCUT2D eigenvalue weighted by Gasteiger charge is -2.09. The summed E-state index contributed by atoms with van der Waals surface area (Å²) in [5.41, 5.74) is 0.148. The van der Waals surface area contributed by atoms with E-state index < -0.39 is 20.9 Å². The van der Waals surface area contributed by atoms with Crippen molar-refractivity contribution >= 4 is 43.2 Å². The summed E-state index contributed by atoms with van der Waals surface area (Å²) >= 11 is 9.09. The normalized spacial score (nSPS) is 11.3. The van der Waals surface area contributed by atoms with Gasteiger partial charge >= 0.3 is 0 Å². The van der Waals surface area contributed by atoms with E-state index in [2.05, 4.69) is 25.6 Å². The van der Waals surface area contributed by atoms with Gasteiger partial charge in [0.1, 0.15) is 0 Å². The second kappa shape index (κ2) is 5.44. The molecule has 100 valence electrons. The number of sulfonamides is 1. The lowest BCUT2D eigenvalue weighted by Crippen LogP contribution is -2.16. The molecular formula is C11H7BrClFN2O2S. The smallest absolute Gasteiger partial charge is 0.277 e. The Hall–Kier alpha value is -1.18. The standard InChI is InChI=1S/C11H7BrClFN2O2S/c12-7-3-4-10(8(13)6-7)16-19(17,18)11-9(14)2-1-5-15-11/h1-6,16H. The second-order valence-corrected chi connectivity index (χ2v) is 6.44. The number of hydrogen-bond acceptors (Lipinski definition) is 3. The molecule has 0 radical (unpaired) electrons. The minimum atomic E-state index is -4.12. The van der Waals surface area contributed by atoms with Crippen molar-refractivity contribution in [2.75, 3.05) is 4.72 Å². The highest BCUT2D eigenvalue weighted by Gasteiger charge is 2.21. The molecule has 1 aromatic carbocycles. The molecule has 1 N–H and O–H groups in total. The Morgan fingerprint density at radius 3 is 2.68 bits per heavy atom. The number of aromatic nitrogens is 1. The third-order valence-electron chi connectivity index (χ3n) is 2.15. The van der Waals surface area contributed by atoms with E-state index in [9.17, 15) is 12.8 Å². The van der Waals surface area contributed by atoms with Gasteiger partial charge in [-0.3, -0.25) is 4.72 Å². The summed E-state index contributed by atoms with van der Waals surface area (Å²) in [6, 6.07) is 6.92. The van der Waals surface area contributed by atoms with Gasteiger partial charge in [-0.05, 0) is 30.3 Å². The first-order valence-electron chi connectivity index (χ1n) is 4.98. The molecular weight excluding hydrogens is 359 g/mol. The van der Waals surface area contributed by atoms with Crippen molar-refractivity contribution in [3.63, 3.8) is 0 Å². The highest BCUT2D eigenvalue weighted by atomic mass is 79.9. The summed E-state index contributed by atoms with van der Waals surface area (Å²) < 4.78 is 40.3. The van der Waals surface area contributed by atoms with Gasteiger partial charge in [0, 0.05) is 10.7 Å². The molecule has 4 nitrogen and oxygen atoms in total. The predicted octanol–water partition coefficient (Wildman–Crippen LogP) is 3.44. The number of hydrogen-bond donors (Lipinski definition) is 1. The largest absolute Gasteiger partial charge is 0.282 e.